The fourth-order valence-corrected chi connectivity index (χ4v) is 2.58. The summed E-state index contributed by atoms with van der Waals surface area (Å²) in [5, 5.41) is 20.1. The molecule has 22 heavy (non-hydrogen) atoms. The van der Waals surface area contributed by atoms with Gasteiger partial charge in [-0.25, -0.2) is 9.59 Å². The van der Waals surface area contributed by atoms with E-state index in [1.807, 2.05) is 6.07 Å². The largest absolute Gasteiger partial charge is 0.480 e. The molecule has 2 N–H and O–H groups in total. The molecule has 2 atom stereocenters. The SMILES string of the molecule is CC(C)(C)OC(=O)N1C[C@](O)(c2ccccc2)C[C@H]1C(=O)O. The maximum Gasteiger partial charge on any atom is 0.411 e. The summed E-state index contributed by atoms with van der Waals surface area (Å²) in [7, 11) is 0. The second kappa shape index (κ2) is 5.61. The van der Waals surface area contributed by atoms with Crippen LogP contribution >= 0.6 is 0 Å². The van der Waals surface area contributed by atoms with Gasteiger partial charge in [0.1, 0.15) is 17.2 Å². The third-order valence-corrected chi connectivity index (χ3v) is 3.56. The highest BCUT2D eigenvalue weighted by atomic mass is 16.6. The molecule has 1 heterocycles. The normalized spacial score (nSPS) is 25.1. The number of likely N-dealkylation sites (tertiary alicyclic amines) is 1. The van der Waals surface area contributed by atoms with Crippen molar-refractivity contribution < 1.29 is 24.5 Å². The van der Waals surface area contributed by atoms with Gasteiger partial charge in [0.05, 0.1) is 6.54 Å². The van der Waals surface area contributed by atoms with Gasteiger partial charge in [0.25, 0.3) is 0 Å². The molecule has 1 amide bonds. The summed E-state index contributed by atoms with van der Waals surface area (Å²) in [5.74, 6) is -1.15. The number of aliphatic hydroxyl groups is 1. The molecule has 1 aromatic rings. The van der Waals surface area contributed by atoms with Crippen molar-refractivity contribution in [1.82, 2.24) is 4.90 Å². The molecule has 0 aromatic heterocycles. The van der Waals surface area contributed by atoms with Gasteiger partial charge in [-0.2, -0.15) is 0 Å². The molecule has 1 aliphatic rings. The van der Waals surface area contributed by atoms with E-state index in [4.69, 9.17) is 4.74 Å². The van der Waals surface area contributed by atoms with Gasteiger partial charge in [-0.05, 0) is 26.3 Å². The van der Waals surface area contributed by atoms with Gasteiger partial charge in [0.15, 0.2) is 0 Å². The van der Waals surface area contributed by atoms with Crippen LogP contribution in [0.4, 0.5) is 4.79 Å². The third kappa shape index (κ3) is 3.39. The van der Waals surface area contributed by atoms with Crippen LogP contribution in [0, 0.1) is 0 Å². The Kier molecular flexibility index (Phi) is 4.15. The Balaban J connectivity index is 2.27. The van der Waals surface area contributed by atoms with Crippen LogP contribution in [-0.4, -0.2) is 45.4 Å². The molecular weight excluding hydrogens is 286 g/mol. The first-order chi connectivity index (χ1) is 10.1. The Morgan fingerprint density at radius 1 is 1.27 bits per heavy atom. The number of β-amino-alcohol motifs (C(OH)–C–C–N with tert-alkyl or cyclic N) is 1. The fraction of sp³-hybridized carbons (Fsp3) is 0.500. The molecule has 0 saturated carbocycles. The molecule has 0 radical (unpaired) electrons. The lowest BCUT2D eigenvalue weighted by molar-refractivity contribution is -0.142. The van der Waals surface area contributed by atoms with Gasteiger partial charge < -0.3 is 14.9 Å². The summed E-state index contributed by atoms with van der Waals surface area (Å²) in [6.07, 6.45) is -0.794. The van der Waals surface area contributed by atoms with Crippen molar-refractivity contribution in [2.45, 2.75) is 44.4 Å². The van der Waals surface area contributed by atoms with Crippen molar-refractivity contribution in [1.29, 1.82) is 0 Å². The minimum Gasteiger partial charge on any atom is -0.480 e. The van der Waals surface area contributed by atoms with Gasteiger partial charge in [-0.1, -0.05) is 30.3 Å². The lowest BCUT2D eigenvalue weighted by Gasteiger charge is -2.27. The number of hydrogen-bond donors (Lipinski definition) is 2. The van der Waals surface area contributed by atoms with Gasteiger partial charge in [-0.15, -0.1) is 0 Å². The Hall–Kier alpha value is -2.08. The summed E-state index contributed by atoms with van der Waals surface area (Å²) in [6.45, 7) is 5.02. The van der Waals surface area contributed by atoms with Gasteiger partial charge in [0.2, 0.25) is 0 Å². The topological polar surface area (TPSA) is 87.1 Å². The smallest absolute Gasteiger partial charge is 0.411 e. The Morgan fingerprint density at radius 2 is 1.86 bits per heavy atom. The van der Waals surface area contributed by atoms with E-state index in [9.17, 15) is 19.8 Å². The molecular formula is C16H21NO5. The molecule has 0 bridgehead atoms. The summed E-state index contributed by atoms with van der Waals surface area (Å²) in [5.41, 5.74) is -1.53. The zero-order valence-corrected chi connectivity index (χ0v) is 12.9. The van der Waals surface area contributed by atoms with Crippen LogP contribution in [0.15, 0.2) is 30.3 Å². The van der Waals surface area contributed by atoms with Crippen LogP contribution < -0.4 is 0 Å². The van der Waals surface area contributed by atoms with E-state index < -0.39 is 29.3 Å². The molecule has 1 aromatic carbocycles. The number of ether oxygens (including phenoxy) is 1. The molecule has 1 saturated heterocycles. The van der Waals surface area contributed by atoms with Gasteiger partial charge in [0, 0.05) is 6.42 Å². The van der Waals surface area contributed by atoms with E-state index >= 15 is 0 Å². The summed E-state index contributed by atoms with van der Waals surface area (Å²) in [4.78, 5) is 24.7. The molecule has 0 aliphatic carbocycles. The zero-order valence-electron chi connectivity index (χ0n) is 12.9. The molecule has 2 rings (SSSR count). The first-order valence-electron chi connectivity index (χ1n) is 7.13. The van der Waals surface area contributed by atoms with Gasteiger partial charge in [-0.3, -0.25) is 4.90 Å². The van der Waals surface area contributed by atoms with Crippen LogP contribution in [0.25, 0.3) is 0 Å². The first-order valence-corrected chi connectivity index (χ1v) is 7.13. The second-order valence-corrected chi connectivity index (χ2v) is 6.56. The van der Waals surface area contributed by atoms with Crippen molar-refractivity contribution in [2.75, 3.05) is 6.54 Å². The number of aliphatic carboxylic acids is 1. The number of benzene rings is 1. The van der Waals surface area contributed by atoms with E-state index in [-0.39, 0.29) is 13.0 Å². The summed E-state index contributed by atoms with van der Waals surface area (Å²) in [6, 6.07) is 7.66. The minimum absolute atomic E-state index is 0.0639. The number of hydrogen-bond acceptors (Lipinski definition) is 4. The molecule has 1 aliphatic heterocycles. The van der Waals surface area contributed by atoms with Crippen LogP contribution in [0.3, 0.4) is 0 Å². The number of carboxylic acid groups (broad SMARTS) is 1. The molecule has 6 nitrogen and oxygen atoms in total. The first kappa shape index (κ1) is 16.3. The van der Waals surface area contributed by atoms with Crippen LogP contribution in [0.2, 0.25) is 0 Å². The Bertz CT molecular complexity index is 566. The quantitative estimate of drug-likeness (QED) is 0.872. The third-order valence-electron chi connectivity index (χ3n) is 3.56. The number of rotatable bonds is 2. The second-order valence-electron chi connectivity index (χ2n) is 6.56. The van der Waals surface area contributed by atoms with Crippen LogP contribution in [-0.2, 0) is 15.1 Å². The van der Waals surface area contributed by atoms with Crippen LogP contribution in [0.1, 0.15) is 32.8 Å². The van der Waals surface area contributed by atoms with Crippen LogP contribution in [0.5, 0.6) is 0 Å². The van der Waals surface area contributed by atoms with Crippen molar-refractivity contribution >= 4 is 12.1 Å². The van der Waals surface area contributed by atoms with E-state index in [1.165, 1.54) is 0 Å². The number of carbonyl (C=O) groups excluding carboxylic acids is 1. The zero-order chi connectivity index (χ0) is 16.5. The average Bonchev–Trinajstić information content (AvgIpc) is 2.78. The monoisotopic (exact) mass is 307 g/mol. The van der Waals surface area contributed by atoms with Crippen molar-refractivity contribution in [3.05, 3.63) is 35.9 Å². The Morgan fingerprint density at radius 3 is 2.36 bits per heavy atom. The predicted molar refractivity (Wildman–Crippen MR) is 79.3 cm³/mol. The lowest BCUT2D eigenvalue weighted by Crippen LogP contribution is -2.43. The predicted octanol–water partition coefficient (Wildman–Crippen LogP) is 1.97. The highest BCUT2D eigenvalue weighted by molar-refractivity contribution is 5.81. The molecule has 1 fully saturated rings. The number of amides is 1. The van der Waals surface area contributed by atoms with E-state index in [0.29, 0.717) is 5.56 Å². The molecule has 120 valence electrons. The summed E-state index contributed by atoms with van der Waals surface area (Å²) < 4.78 is 5.24. The van der Waals surface area contributed by atoms with E-state index in [1.54, 1.807) is 45.0 Å². The standard InChI is InChI=1S/C16H21NO5/c1-15(2,3)22-14(20)17-10-16(21,9-12(17)13(18)19)11-7-5-4-6-8-11/h4-8,12,21H,9-10H2,1-3H3,(H,18,19)/t12-,16-/m0/s1. The highest BCUT2D eigenvalue weighted by Crippen LogP contribution is 2.36. The number of nitrogens with zero attached hydrogens (tertiary/aromatic N) is 1. The summed E-state index contributed by atoms with van der Waals surface area (Å²) >= 11 is 0. The molecule has 6 heteroatoms. The van der Waals surface area contributed by atoms with E-state index in [2.05, 4.69) is 0 Å². The minimum atomic E-state index is -1.39. The fourth-order valence-electron chi connectivity index (χ4n) is 2.58. The number of carbonyl (C=O) groups is 2. The maximum absolute atomic E-state index is 12.2. The van der Waals surface area contributed by atoms with Crippen molar-refractivity contribution in [3.63, 3.8) is 0 Å². The van der Waals surface area contributed by atoms with Crippen molar-refractivity contribution in [2.24, 2.45) is 0 Å². The van der Waals surface area contributed by atoms with Gasteiger partial charge >= 0.3 is 12.1 Å². The number of carboxylic acids is 1. The average molecular weight is 307 g/mol. The highest BCUT2D eigenvalue weighted by Gasteiger charge is 2.50. The molecule has 0 spiro atoms. The lowest BCUT2D eigenvalue weighted by atomic mass is 9.91. The van der Waals surface area contributed by atoms with E-state index in [0.717, 1.165) is 4.90 Å². The van der Waals surface area contributed by atoms with Crippen molar-refractivity contribution in [3.8, 4) is 0 Å². The molecule has 0 unspecified atom stereocenters. The Labute approximate surface area is 129 Å². The maximum atomic E-state index is 12.2.